The largest absolute Gasteiger partial charge is 0.393 e. The number of nitrogens with one attached hydrogen (secondary N) is 1. The van der Waals surface area contributed by atoms with Crippen molar-refractivity contribution in [2.45, 2.75) is 39.2 Å². The SMILES string of the molecule is CCC(C)NC(=O)CCC(N)=S. The number of thiocarbonyl (C=S) groups is 1. The van der Waals surface area contributed by atoms with Gasteiger partial charge in [-0.25, -0.2) is 0 Å². The van der Waals surface area contributed by atoms with E-state index in [-0.39, 0.29) is 11.9 Å². The average Bonchev–Trinajstić information content (AvgIpc) is 2.00. The van der Waals surface area contributed by atoms with Gasteiger partial charge in [0.05, 0.1) is 4.99 Å². The summed E-state index contributed by atoms with van der Waals surface area (Å²) in [5.41, 5.74) is 5.26. The first kappa shape index (κ1) is 11.4. The summed E-state index contributed by atoms with van der Waals surface area (Å²) in [5, 5.41) is 2.83. The first-order valence-electron chi connectivity index (χ1n) is 4.14. The van der Waals surface area contributed by atoms with E-state index < -0.39 is 0 Å². The van der Waals surface area contributed by atoms with Crippen LogP contribution in [0, 0.1) is 0 Å². The number of hydrogen-bond donors (Lipinski definition) is 2. The molecule has 3 nitrogen and oxygen atoms in total. The van der Waals surface area contributed by atoms with Gasteiger partial charge in [0, 0.05) is 18.9 Å². The molecule has 0 rings (SSSR count). The van der Waals surface area contributed by atoms with Gasteiger partial charge in [-0.3, -0.25) is 4.79 Å². The van der Waals surface area contributed by atoms with Crippen molar-refractivity contribution in [2.24, 2.45) is 5.73 Å². The molecule has 0 saturated carbocycles. The minimum Gasteiger partial charge on any atom is -0.393 e. The zero-order chi connectivity index (χ0) is 9.56. The van der Waals surface area contributed by atoms with Crippen LogP contribution in [0.3, 0.4) is 0 Å². The number of hydrogen-bond acceptors (Lipinski definition) is 2. The van der Waals surface area contributed by atoms with Gasteiger partial charge >= 0.3 is 0 Å². The molecule has 0 fully saturated rings. The highest BCUT2D eigenvalue weighted by Gasteiger charge is 2.04. The van der Waals surface area contributed by atoms with E-state index in [9.17, 15) is 4.79 Å². The molecule has 0 aliphatic heterocycles. The summed E-state index contributed by atoms with van der Waals surface area (Å²) in [6, 6.07) is 0.240. The zero-order valence-electron chi connectivity index (χ0n) is 7.59. The highest BCUT2D eigenvalue weighted by atomic mass is 32.1. The lowest BCUT2D eigenvalue weighted by atomic mass is 10.2. The maximum Gasteiger partial charge on any atom is 0.220 e. The molecule has 1 unspecified atom stereocenters. The molecule has 0 aliphatic carbocycles. The van der Waals surface area contributed by atoms with Crippen LogP contribution in [0.2, 0.25) is 0 Å². The minimum absolute atomic E-state index is 0.0251. The van der Waals surface area contributed by atoms with Crippen LogP contribution in [0.15, 0.2) is 0 Å². The van der Waals surface area contributed by atoms with Gasteiger partial charge in [-0.2, -0.15) is 0 Å². The van der Waals surface area contributed by atoms with E-state index in [0.717, 1.165) is 6.42 Å². The van der Waals surface area contributed by atoms with Crippen molar-refractivity contribution in [1.82, 2.24) is 5.32 Å². The van der Waals surface area contributed by atoms with Crippen LogP contribution >= 0.6 is 12.2 Å². The van der Waals surface area contributed by atoms with Crippen LogP contribution < -0.4 is 11.1 Å². The lowest BCUT2D eigenvalue weighted by molar-refractivity contribution is -0.121. The molecule has 0 bridgehead atoms. The van der Waals surface area contributed by atoms with Crippen molar-refractivity contribution in [3.63, 3.8) is 0 Å². The van der Waals surface area contributed by atoms with Crippen molar-refractivity contribution < 1.29 is 4.79 Å². The summed E-state index contributed by atoms with van der Waals surface area (Å²) >= 11 is 4.65. The van der Waals surface area contributed by atoms with Gasteiger partial charge in [0.1, 0.15) is 0 Å². The van der Waals surface area contributed by atoms with Crippen molar-refractivity contribution in [2.75, 3.05) is 0 Å². The fraction of sp³-hybridized carbons (Fsp3) is 0.750. The van der Waals surface area contributed by atoms with Crippen molar-refractivity contribution in [3.8, 4) is 0 Å². The predicted molar refractivity (Wildman–Crippen MR) is 53.9 cm³/mol. The van der Waals surface area contributed by atoms with Crippen LogP contribution in [-0.4, -0.2) is 16.9 Å². The van der Waals surface area contributed by atoms with E-state index in [4.69, 9.17) is 5.73 Å². The third kappa shape index (κ3) is 6.09. The summed E-state index contributed by atoms with van der Waals surface area (Å²) in [4.78, 5) is 11.5. The van der Waals surface area contributed by atoms with E-state index in [2.05, 4.69) is 17.5 Å². The van der Waals surface area contributed by atoms with Gasteiger partial charge in [-0.15, -0.1) is 0 Å². The molecular formula is C8H16N2OS. The van der Waals surface area contributed by atoms with Gasteiger partial charge in [0.25, 0.3) is 0 Å². The Morgan fingerprint density at radius 3 is 2.58 bits per heavy atom. The second kappa shape index (κ2) is 5.94. The van der Waals surface area contributed by atoms with E-state index >= 15 is 0 Å². The lowest BCUT2D eigenvalue weighted by Crippen LogP contribution is -2.32. The Balaban J connectivity index is 3.53. The molecule has 70 valence electrons. The molecule has 0 aliphatic rings. The zero-order valence-corrected chi connectivity index (χ0v) is 8.41. The number of nitrogens with two attached hydrogens (primary N) is 1. The quantitative estimate of drug-likeness (QED) is 0.632. The predicted octanol–water partition coefficient (Wildman–Crippen LogP) is 0.967. The normalized spacial score (nSPS) is 12.2. The molecule has 0 radical (unpaired) electrons. The summed E-state index contributed by atoms with van der Waals surface area (Å²) in [5.74, 6) is 0.0251. The van der Waals surface area contributed by atoms with Crippen LogP contribution in [0.25, 0.3) is 0 Å². The summed E-state index contributed by atoms with van der Waals surface area (Å²) in [6.45, 7) is 4.00. The average molecular weight is 188 g/mol. The Kier molecular flexibility index (Phi) is 5.62. The fourth-order valence-electron chi connectivity index (χ4n) is 0.686. The maximum atomic E-state index is 11.1. The van der Waals surface area contributed by atoms with Crippen molar-refractivity contribution >= 4 is 23.1 Å². The highest BCUT2D eigenvalue weighted by molar-refractivity contribution is 7.80. The van der Waals surface area contributed by atoms with Crippen LogP contribution in [0.1, 0.15) is 33.1 Å². The van der Waals surface area contributed by atoms with E-state index in [0.29, 0.717) is 17.8 Å². The van der Waals surface area contributed by atoms with Gasteiger partial charge in [-0.05, 0) is 13.3 Å². The molecule has 1 atom stereocenters. The molecule has 1 amide bonds. The third-order valence-corrected chi connectivity index (χ3v) is 1.82. The third-order valence-electron chi connectivity index (χ3n) is 1.62. The molecule has 0 spiro atoms. The molecule has 0 aromatic carbocycles. The van der Waals surface area contributed by atoms with Crippen LogP contribution in [0.4, 0.5) is 0 Å². The van der Waals surface area contributed by atoms with Gasteiger partial charge in [0.15, 0.2) is 0 Å². The highest BCUT2D eigenvalue weighted by Crippen LogP contribution is 1.93. The monoisotopic (exact) mass is 188 g/mol. The molecular weight excluding hydrogens is 172 g/mol. The molecule has 3 N–H and O–H groups in total. The Hall–Kier alpha value is -0.640. The first-order chi connectivity index (χ1) is 5.56. The van der Waals surface area contributed by atoms with Crippen LogP contribution in [-0.2, 0) is 4.79 Å². The fourth-order valence-corrected chi connectivity index (χ4v) is 0.788. The van der Waals surface area contributed by atoms with Gasteiger partial charge < -0.3 is 11.1 Å². The molecule has 0 aromatic heterocycles. The summed E-state index contributed by atoms with van der Waals surface area (Å²) in [7, 11) is 0. The van der Waals surface area contributed by atoms with E-state index in [1.165, 1.54) is 0 Å². The number of carbonyl (C=O) groups is 1. The molecule has 0 heterocycles. The first-order valence-corrected chi connectivity index (χ1v) is 4.54. The molecule has 12 heavy (non-hydrogen) atoms. The van der Waals surface area contributed by atoms with Crippen molar-refractivity contribution in [1.29, 1.82) is 0 Å². The second-order valence-electron chi connectivity index (χ2n) is 2.84. The number of rotatable bonds is 5. The van der Waals surface area contributed by atoms with Gasteiger partial charge in [0.2, 0.25) is 5.91 Å². The molecule has 4 heteroatoms. The molecule has 0 saturated heterocycles. The smallest absolute Gasteiger partial charge is 0.220 e. The summed E-state index contributed by atoms with van der Waals surface area (Å²) < 4.78 is 0. The minimum atomic E-state index is 0.0251. The maximum absolute atomic E-state index is 11.1. The van der Waals surface area contributed by atoms with Gasteiger partial charge in [-0.1, -0.05) is 19.1 Å². The Morgan fingerprint density at radius 2 is 2.17 bits per heavy atom. The Labute approximate surface area is 78.7 Å². The van der Waals surface area contributed by atoms with Crippen LogP contribution in [0.5, 0.6) is 0 Å². The second-order valence-corrected chi connectivity index (χ2v) is 3.37. The van der Waals surface area contributed by atoms with E-state index in [1.54, 1.807) is 0 Å². The number of carbonyl (C=O) groups excluding carboxylic acids is 1. The van der Waals surface area contributed by atoms with Crippen molar-refractivity contribution in [3.05, 3.63) is 0 Å². The Bertz CT molecular complexity index is 170. The number of amides is 1. The lowest BCUT2D eigenvalue weighted by Gasteiger charge is -2.10. The Morgan fingerprint density at radius 1 is 1.58 bits per heavy atom. The van der Waals surface area contributed by atoms with E-state index in [1.807, 2.05) is 13.8 Å². The summed E-state index contributed by atoms with van der Waals surface area (Å²) in [6.07, 6.45) is 1.84. The topological polar surface area (TPSA) is 55.1 Å². The molecule has 0 aromatic rings. The standard InChI is InChI=1S/C8H16N2OS/c1-3-6(2)10-8(11)5-4-7(9)12/h6H,3-5H2,1-2H3,(H2,9,12)(H,10,11).